The summed E-state index contributed by atoms with van der Waals surface area (Å²) in [7, 11) is 0. The van der Waals surface area contributed by atoms with Crippen LogP contribution in [0.2, 0.25) is 0 Å². The normalized spacial score (nSPS) is 27.6. The van der Waals surface area contributed by atoms with Crippen molar-refractivity contribution in [3.63, 3.8) is 0 Å². The van der Waals surface area contributed by atoms with Gasteiger partial charge in [0.2, 0.25) is 5.91 Å². The van der Waals surface area contributed by atoms with Crippen molar-refractivity contribution in [2.45, 2.75) is 71.8 Å². The highest BCUT2D eigenvalue weighted by Crippen LogP contribution is 2.28. The molecule has 0 saturated heterocycles. The third kappa shape index (κ3) is 3.98. The van der Waals surface area contributed by atoms with Crippen LogP contribution in [0.25, 0.3) is 0 Å². The molecular formula is C15H30N2O. The second kappa shape index (κ2) is 7.13. The second-order valence-electron chi connectivity index (χ2n) is 6.10. The smallest absolute Gasteiger partial charge is 0.227 e. The molecule has 0 aromatic carbocycles. The van der Waals surface area contributed by atoms with Gasteiger partial charge in [-0.3, -0.25) is 4.79 Å². The highest BCUT2D eigenvalue weighted by Gasteiger charge is 2.32. The van der Waals surface area contributed by atoms with E-state index in [4.69, 9.17) is 5.73 Å². The monoisotopic (exact) mass is 254 g/mol. The predicted octanol–water partition coefficient (Wildman–Crippen LogP) is 2.84. The van der Waals surface area contributed by atoms with E-state index in [0.717, 1.165) is 25.2 Å². The predicted molar refractivity (Wildman–Crippen MR) is 76.2 cm³/mol. The molecule has 0 aromatic rings. The first-order valence-electron chi connectivity index (χ1n) is 7.56. The maximum absolute atomic E-state index is 12.2. The molecule has 1 atom stereocenters. The number of hydrogen-bond acceptors (Lipinski definition) is 2. The van der Waals surface area contributed by atoms with Crippen LogP contribution in [0.5, 0.6) is 0 Å². The van der Waals surface area contributed by atoms with Gasteiger partial charge in [0.05, 0.1) is 5.41 Å². The third-order valence-corrected chi connectivity index (χ3v) is 4.66. The fraction of sp³-hybridized carbons (Fsp3) is 0.933. The third-order valence-electron chi connectivity index (χ3n) is 4.66. The topological polar surface area (TPSA) is 55.1 Å². The fourth-order valence-corrected chi connectivity index (χ4v) is 2.76. The Morgan fingerprint density at radius 2 is 1.89 bits per heavy atom. The molecule has 1 rings (SSSR count). The lowest BCUT2D eigenvalue weighted by Gasteiger charge is -2.32. The number of nitrogens with one attached hydrogen (secondary N) is 1. The summed E-state index contributed by atoms with van der Waals surface area (Å²) in [4.78, 5) is 12.2. The minimum absolute atomic E-state index is 0.145. The molecule has 1 aliphatic carbocycles. The number of hydrogen-bond donors (Lipinski definition) is 2. The molecule has 1 saturated carbocycles. The largest absolute Gasteiger partial charge is 0.353 e. The van der Waals surface area contributed by atoms with E-state index in [0.29, 0.717) is 12.6 Å². The quantitative estimate of drug-likeness (QED) is 0.766. The molecule has 106 valence electrons. The zero-order valence-corrected chi connectivity index (χ0v) is 12.3. The van der Waals surface area contributed by atoms with E-state index in [1.165, 1.54) is 25.7 Å². The zero-order chi connectivity index (χ0) is 13.6. The van der Waals surface area contributed by atoms with E-state index in [2.05, 4.69) is 12.2 Å². The van der Waals surface area contributed by atoms with Gasteiger partial charge in [0, 0.05) is 12.6 Å². The van der Waals surface area contributed by atoms with Gasteiger partial charge in [-0.1, -0.05) is 26.7 Å². The average molecular weight is 254 g/mol. The van der Waals surface area contributed by atoms with Gasteiger partial charge in [-0.15, -0.1) is 0 Å². The SMILES string of the molecule is CCCC1CCC(NC(=O)C(C)(CC)CN)CC1. The van der Waals surface area contributed by atoms with Crippen LogP contribution in [0, 0.1) is 11.3 Å². The first-order chi connectivity index (χ1) is 8.55. The number of rotatable bonds is 6. The highest BCUT2D eigenvalue weighted by atomic mass is 16.2. The van der Waals surface area contributed by atoms with E-state index in [9.17, 15) is 4.79 Å². The molecule has 0 radical (unpaired) electrons. The highest BCUT2D eigenvalue weighted by molar-refractivity contribution is 5.82. The maximum Gasteiger partial charge on any atom is 0.227 e. The van der Waals surface area contributed by atoms with Crippen LogP contribution < -0.4 is 11.1 Å². The second-order valence-corrected chi connectivity index (χ2v) is 6.10. The van der Waals surface area contributed by atoms with E-state index in [1.54, 1.807) is 0 Å². The van der Waals surface area contributed by atoms with Crippen LogP contribution in [0.1, 0.15) is 65.7 Å². The Bertz CT molecular complexity index is 253. The average Bonchev–Trinajstić information content (AvgIpc) is 2.40. The molecule has 1 fully saturated rings. The van der Waals surface area contributed by atoms with Gasteiger partial charge in [0.15, 0.2) is 0 Å². The number of amides is 1. The molecule has 0 aromatic heterocycles. The van der Waals surface area contributed by atoms with E-state index in [-0.39, 0.29) is 11.3 Å². The fourth-order valence-electron chi connectivity index (χ4n) is 2.76. The van der Waals surface area contributed by atoms with Gasteiger partial charge in [-0.25, -0.2) is 0 Å². The molecule has 0 heterocycles. The van der Waals surface area contributed by atoms with E-state index >= 15 is 0 Å². The van der Waals surface area contributed by atoms with Crippen molar-refractivity contribution < 1.29 is 4.79 Å². The minimum atomic E-state index is -0.389. The molecule has 0 bridgehead atoms. The molecule has 3 nitrogen and oxygen atoms in total. The Labute approximate surface area is 112 Å². The number of carbonyl (C=O) groups is 1. The van der Waals surface area contributed by atoms with Crippen LogP contribution in [0.4, 0.5) is 0 Å². The van der Waals surface area contributed by atoms with Gasteiger partial charge in [-0.2, -0.15) is 0 Å². The Morgan fingerprint density at radius 1 is 1.28 bits per heavy atom. The molecule has 3 N–H and O–H groups in total. The number of carbonyl (C=O) groups excluding carboxylic acids is 1. The summed E-state index contributed by atoms with van der Waals surface area (Å²) >= 11 is 0. The van der Waals surface area contributed by atoms with Crippen molar-refractivity contribution in [1.29, 1.82) is 0 Å². The van der Waals surface area contributed by atoms with Gasteiger partial charge in [-0.05, 0) is 44.9 Å². The van der Waals surface area contributed by atoms with Crippen LogP contribution in [0.15, 0.2) is 0 Å². The van der Waals surface area contributed by atoms with Crippen LogP contribution in [0.3, 0.4) is 0 Å². The van der Waals surface area contributed by atoms with Crippen molar-refractivity contribution in [2.75, 3.05) is 6.54 Å². The molecule has 0 aliphatic heterocycles. The van der Waals surface area contributed by atoms with Crippen LogP contribution in [-0.4, -0.2) is 18.5 Å². The molecular weight excluding hydrogens is 224 g/mol. The molecule has 1 unspecified atom stereocenters. The van der Waals surface area contributed by atoms with Crippen molar-refractivity contribution in [3.05, 3.63) is 0 Å². The summed E-state index contributed by atoms with van der Waals surface area (Å²) in [5.74, 6) is 1.03. The Morgan fingerprint density at radius 3 is 2.33 bits per heavy atom. The summed E-state index contributed by atoms with van der Waals surface area (Å²) in [5.41, 5.74) is 5.34. The molecule has 1 amide bonds. The van der Waals surface area contributed by atoms with Gasteiger partial charge < -0.3 is 11.1 Å². The van der Waals surface area contributed by atoms with E-state index in [1.807, 2.05) is 13.8 Å². The van der Waals surface area contributed by atoms with Crippen LogP contribution >= 0.6 is 0 Å². The summed E-state index contributed by atoms with van der Waals surface area (Å²) in [6, 6.07) is 0.378. The lowest BCUT2D eigenvalue weighted by molar-refractivity contribution is -0.130. The zero-order valence-electron chi connectivity index (χ0n) is 12.3. The summed E-state index contributed by atoms with van der Waals surface area (Å²) in [6.45, 7) is 6.68. The molecule has 1 aliphatic rings. The van der Waals surface area contributed by atoms with E-state index < -0.39 is 0 Å². The molecule has 0 spiro atoms. The van der Waals surface area contributed by atoms with Crippen LogP contribution in [-0.2, 0) is 4.79 Å². The van der Waals surface area contributed by atoms with Gasteiger partial charge in [0.1, 0.15) is 0 Å². The standard InChI is InChI=1S/C15H30N2O/c1-4-6-12-7-9-13(10-8-12)17-14(18)15(3,5-2)11-16/h12-13H,4-11,16H2,1-3H3,(H,17,18). The summed E-state index contributed by atoms with van der Waals surface area (Å²) < 4.78 is 0. The first-order valence-corrected chi connectivity index (χ1v) is 7.56. The summed E-state index contributed by atoms with van der Waals surface area (Å²) in [5, 5.41) is 3.21. The Kier molecular flexibility index (Phi) is 6.13. The van der Waals surface area contributed by atoms with Gasteiger partial charge in [0.25, 0.3) is 0 Å². The lowest BCUT2D eigenvalue weighted by atomic mass is 9.82. The van der Waals surface area contributed by atoms with Crippen molar-refractivity contribution in [2.24, 2.45) is 17.1 Å². The molecule has 18 heavy (non-hydrogen) atoms. The summed E-state index contributed by atoms with van der Waals surface area (Å²) in [6.07, 6.45) is 8.25. The lowest BCUT2D eigenvalue weighted by Crippen LogP contribution is -2.48. The Hall–Kier alpha value is -0.570. The van der Waals surface area contributed by atoms with Crippen molar-refractivity contribution in [1.82, 2.24) is 5.32 Å². The molecule has 3 heteroatoms. The van der Waals surface area contributed by atoms with Crippen molar-refractivity contribution >= 4 is 5.91 Å². The minimum Gasteiger partial charge on any atom is -0.353 e. The van der Waals surface area contributed by atoms with Gasteiger partial charge >= 0.3 is 0 Å². The number of nitrogens with two attached hydrogens (primary N) is 1. The first kappa shape index (κ1) is 15.5. The Balaban J connectivity index is 2.39. The van der Waals surface area contributed by atoms with Crippen molar-refractivity contribution in [3.8, 4) is 0 Å². The maximum atomic E-state index is 12.2.